The number of nitriles is 1. The minimum absolute atomic E-state index is 0.0174. The number of rotatable bonds is 6. The Hall–Kier alpha value is -4.43. The molecule has 6 heterocycles. The van der Waals surface area contributed by atoms with E-state index in [1.54, 1.807) is 11.9 Å². The maximum absolute atomic E-state index is 17.1. The number of nitrogen functional groups attached to an aromatic ring is 1. The monoisotopic (exact) mass is 770 g/mol. The summed E-state index contributed by atoms with van der Waals surface area (Å²) in [5, 5.41) is 14.3. The summed E-state index contributed by atoms with van der Waals surface area (Å²) in [5.74, 6) is -1.12. The van der Waals surface area contributed by atoms with Gasteiger partial charge in [-0.05, 0) is 62.0 Å². The molecule has 2 N–H and O–H groups in total. The van der Waals surface area contributed by atoms with Crippen LogP contribution in [0, 0.1) is 23.0 Å². The number of hydrogen-bond donors (Lipinski definition) is 1. The molecule has 3 aliphatic rings. The van der Waals surface area contributed by atoms with Gasteiger partial charge >= 0.3 is 12.0 Å². The van der Waals surface area contributed by atoms with Gasteiger partial charge in [0.25, 0.3) is 0 Å². The first-order chi connectivity index (χ1) is 24.8. The number of carbonyl (C=O) groups excluding carboxylic acids is 1. The maximum Gasteiger partial charge on any atom is 0.346 e. The van der Waals surface area contributed by atoms with Crippen molar-refractivity contribution in [1.29, 1.82) is 5.26 Å². The van der Waals surface area contributed by atoms with Gasteiger partial charge in [-0.2, -0.15) is 19.9 Å². The topological polar surface area (TPSA) is 142 Å². The van der Waals surface area contributed by atoms with Gasteiger partial charge in [0, 0.05) is 49.4 Å². The van der Waals surface area contributed by atoms with E-state index < -0.39 is 34.9 Å². The van der Waals surface area contributed by atoms with Crippen LogP contribution in [-0.2, 0) is 0 Å². The minimum Gasteiger partial charge on any atom is -0.461 e. The second kappa shape index (κ2) is 12.6. The highest BCUT2D eigenvalue weighted by Crippen LogP contribution is 2.47. The van der Waals surface area contributed by atoms with Crippen molar-refractivity contribution in [3.05, 3.63) is 52.0 Å². The molecular formula is C34H31Cl2F3N10O2S. The van der Waals surface area contributed by atoms with Gasteiger partial charge in [0.2, 0.25) is 5.28 Å². The van der Waals surface area contributed by atoms with Gasteiger partial charge in [-0.25, -0.2) is 22.9 Å². The Morgan fingerprint density at radius 1 is 1.25 bits per heavy atom. The maximum atomic E-state index is 17.1. The van der Waals surface area contributed by atoms with E-state index in [1.165, 1.54) is 24.5 Å². The fourth-order valence-corrected chi connectivity index (χ4v) is 9.36. The molecule has 3 aliphatic heterocycles. The standard InChI is InChI=1S/C34H31Cl2F3N10O2S/c1-33(46(2)32(50)49-16-42-30(36)45-49)7-9-47(14-33)29-19-10-21(35)24(18-4-5-22(38)27-23(18)20(12-40)28(41)52-27)25(39)26(19)43-31(44-29)51-15-34-6-3-8-48(34)13-17(37)11-34/h4-5,10,16-17H,3,6-9,11,13-15,41H2,1-2H3/t17-,33-,34+/m1/s1. The van der Waals surface area contributed by atoms with E-state index in [4.69, 9.17) is 38.7 Å². The van der Waals surface area contributed by atoms with Crippen molar-refractivity contribution in [3.8, 4) is 23.2 Å². The van der Waals surface area contributed by atoms with Crippen molar-refractivity contribution < 1.29 is 22.7 Å². The van der Waals surface area contributed by atoms with Crippen LogP contribution in [0.2, 0.25) is 10.3 Å². The lowest BCUT2D eigenvalue weighted by atomic mass is 9.95. The highest BCUT2D eigenvalue weighted by atomic mass is 35.5. The van der Waals surface area contributed by atoms with Crippen LogP contribution < -0.4 is 15.4 Å². The summed E-state index contributed by atoms with van der Waals surface area (Å²) in [7, 11) is 1.65. The number of carbonyl (C=O) groups is 1. The third-order valence-electron chi connectivity index (χ3n) is 10.8. The molecule has 0 bridgehead atoms. The van der Waals surface area contributed by atoms with E-state index in [2.05, 4.69) is 20.0 Å². The fourth-order valence-electron chi connectivity index (χ4n) is 7.99. The van der Waals surface area contributed by atoms with E-state index in [9.17, 15) is 18.8 Å². The molecule has 0 spiro atoms. The van der Waals surface area contributed by atoms with Gasteiger partial charge < -0.3 is 20.3 Å². The molecular weight excluding hydrogens is 740 g/mol. The second-order valence-electron chi connectivity index (χ2n) is 13.9. The summed E-state index contributed by atoms with van der Waals surface area (Å²) in [6.45, 7) is 3.80. The molecule has 2 aromatic carbocycles. The van der Waals surface area contributed by atoms with Gasteiger partial charge in [0.1, 0.15) is 47.3 Å². The van der Waals surface area contributed by atoms with Gasteiger partial charge in [0.05, 0.1) is 26.4 Å². The van der Waals surface area contributed by atoms with Crippen LogP contribution in [0.15, 0.2) is 24.5 Å². The van der Waals surface area contributed by atoms with Gasteiger partial charge in [-0.1, -0.05) is 17.7 Å². The molecule has 3 aromatic heterocycles. The quantitative estimate of drug-likeness (QED) is 0.199. The minimum atomic E-state index is -0.980. The molecule has 52 heavy (non-hydrogen) atoms. The first-order valence-corrected chi connectivity index (χ1v) is 18.1. The molecule has 0 radical (unpaired) electrons. The molecule has 3 atom stereocenters. The predicted molar refractivity (Wildman–Crippen MR) is 192 cm³/mol. The van der Waals surface area contributed by atoms with Crippen LogP contribution in [0.1, 0.15) is 38.2 Å². The number of alkyl halides is 1. The van der Waals surface area contributed by atoms with Crippen molar-refractivity contribution >= 4 is 72.4 Å². The SMILES string of the molecule is CN(C(=O)n1cnc(Cl)n1)[C@]1(C)CCN(c2nc(OC[C@@]34CCCN3C[C@H](F)C4)nc3c(F)c(-c4ccc(F)c5sc(N)c(C#N)c45)c(Cl)cc23)C1. The Kier molecular flexibility index (Phi) is 8.40. The number of thiophene rings is 1. The highest BCUT2D eigenvalue weighted by molar-refractivity contribution is 7.23. The summed E-state index contributed by atoms with van der Waals surface area (Å²) in [5.41, 5.74) is 4.80. The first-order valence-electron chi connectivity index (χ1n) is 16.6. The van der Waals surface area contributed by atoms with Crippen LogP contribution in [0.3, 0.4) is 0 Å². The number of halogens is 5. The molecule has 5 aromatic rings. The average molecular weight is 772 g/mol. The summed E-state index contributed by atoms with van der Waals surface area (Å²) in [4.78, 5) is 32.0. The zero-order valence-electron chi connectivity index (χ0n) is 28.0. The molecule has 1 amide bonds. The van der Waals surface area contributed by atoms with E-state index >= 15 is 4.39 Å². The molecule has 270 valence electrons. The van der Waals surface area contributed by atoms with Crippen LogP contribution in [0.5, 0.6) is 6.01 Å². The third kappa shape index (κ3) is 5.48. The lowest BCUT2D eigenvalue weighted by molar-refractivity contribution is 0.107. The fraction of sp³-hybridized carbons (Fsp3) is 0.412. The van der Waals surface area contributed by atoms with Crippen LogP contribution in [-0.4, -0.2) is 97.6 Å². The van der Waals surface area contributed by atoms with Crippen LogP contribution in [0.25, 0.3) is 32.1 Å². The average Bonchev–Trinajstić information content (AvgIpc) is 3.93. The van der Waals surface area contributed by atoms with Gasteiger partial charge in [0.15, 0.2) is 5.82 Å². The normalized spacial score (nSPS) is 23.1. The van der Waals surface area contributed by atoms with Crippen molar-refractivity contribution in [2.75, 3.05) is 50.5 Å². The smallest absolute Gasteiger partial charge is 0.346 e. The predicted octanol–water partition coefficient (Wildman–Crippen LogP) is 6.67. The molecule has 18 heteroatoms. The lowest BCUT2D eigenvalue weighted by Gasteiger charge is -2.35. The molecule has 0 aliphatic carbocycles. The van der Waals surface area contributed by atoms with E-state index in [1.807, 2.05) is 17.9 Å². The number of likely N-dealkylation sites (N-methyl/N-ethyl adjacent to an activating group) is 1. The number of ether oxygens (including phenoxy) is 1. The van der Waals surface area contributed by atoms with E-state index in [0.29, 0.717) is 31.7 Å². The van der Waals surface area contributed by atoms with E-state index in [0.717, 1.165) is 35.4 Å². The Morgan fingerprint density at radius 2 is 2.06 bits per heavy atom. The Bertz CT molecular complexity index is 2330. The number of amides is 1. The van der Waals surface area contributed by atoms with Crippen LogP contribution in [0.4, 0.5) is 28.8 Å². The summed E-state index contributed by atoms with van der Waals surface area (Å²) >= 11 is 13.6. The summed E-state index contributed by atoms with van der Waals surface area (Å²) in [6, 6.07) is 5.53. The van der Waals surface area contributed by atoms with Crippen molar-refractivity contribution in [2.45, 2.75) is 49.9 Å². The van der Waals surface area contributed by atoms with Crippen LogP contribution >= 0.6 is 34.5 Å². The lowest BCUT2D eigenvalue weighted by Crippen LogP contribution is -2.50. The Labute approximate surface area is 309 Å². The Morgan fingerprint density at radius 3 is 2.81 bits per heavy atom. The van der Waals surface area contributed by atoms with Gasteiger partial charge in [-0.15, -0.1) is 16.4 Å². The number of anilines is 2. The first kappa shape index (κ1) is 34.6. The molecule has 3 fully saturated rings. The van der Waals surface area contributed by atoms with E-state index in [-0.39, 0.29) is 72.1 Å². The third-order valence-corrected chi connectivity index (χ3v) is 12.3. The number of nitrogens with zero attached hydrogens (tertiary/aromatic N) is 9. The molecule has 12 nitrogen and oxygen atoms in total. The van der Waals surface area contributed by atoms with Gasteiger partial charge in [-0.3, -0.25) is 4.90 Å². The number of hydrogen-bond acceptors (Lipinski definition) is 11. The Balaban J connectivity index is 1.24. The number of aromatic nitrogens is 5. The zero-order valence-corrected chi connectivity index (χ0v) is 30.3. The summed E-state index contributed by atoms with van der Waals surface area (Å²) < 4.78 is 54.1. The second-order valence-corrected chi connectivity index (χ2v) is 15.7. The van der Waals surface area contributed by atoms with Crippen molar-refractivity contribution in [1.82, 2.24) is 34.5 Å². The number of benzene rings is 2. The molecule has 8 rings (SSSR count). The van der Waals surface area contributed by atoms with Crippen molar-refractivity contribution in [3.63, 3.8) is 0 Å². The molecule has 0 saturated carbocycles. The highest BCUT2D eigenvalue weighted by Gasteiger charge is 2.49. The largest absolute Gasteiger partial charge is 0.461 e. The number of fused-ring (bicyclic) bond motifs is 3. The van der Waals surface area contributed by atoms with Crippen molar-refractivity contribution in [2.24, 2.45) is 0 Å². The molecule has 3 saturated heterocycles. The summed E-state index contributed by atoms with van der Waals surface area (Å²) in [6.07, 6.45) is 2.73. The molecule has 0 unspecified atom stereocenters. The zero-order chi connectivity index (χ0) is 36.7. The number of nitrogens with two attached hydrogens (primary N) is 1.